The molecular formula is C17H24ClFN2O3. The van der Waals surface area contributed by atoms with Gasteiger partial charge in [-0.05, 0) is 44.0 Å². The van der Waals surface area contributed by atoms with Crippen molar-refractivity contribution in [1.29, 1.82) is 0 Å². The van der Waals surface area contributed by atoms with E-state index >= 15 is 0 Å². The second-order valence-corrected chi connectivity index (χ2v) is 5.67. The van der Waals surface area contributed by atoms with Gasteiger partial charge in [0, 0.05) is 6.54 Å². The maximum absolute atomic E-state index is 13.1. The van der Waals surface area contributed by atoms with Gasteiger partial charge in [-0.2, -0.15) is 0 Å². The van der Waals surface area contributed by atoms with Crippen LogP contribution in [0.3, 0.4) is 0 Å². The van der Waals surface area contributed by atoms with Crippen LogP contribution in [0.25, 0.3) is 0 Å². The summed E-state index contributed by atoms with van der Waals surface area (Å²) in [5.74, 6) is -0.931. The minimum atomic E-state index is -0.510. The number of halogens is 2. The van der Waals surface area contributed by atoms with Crippen LogP contribution in [-0.4, -0.2) is 31.6 Å². The van der Waals surface area contributed by atoms with E-state index in [0.29, 0.717) is 12.1 Å². The van der Waals surface area contributed by atoms with Crippen LogP contribution < -0.4 is 10.6 Å². The zero-order valence-electron chi connectivity index (χ0n) is 13.7. The molecule has 0 radical (unpaired) electrons. The molecule has 1 aliphatic heterocycles. The molecule has 1 saturated heterocycles. The Morgan fingerprint density at radius 2 is 2.08 bits per heavy atom. The molecule has 2 unspecified atom stereocenters. The van der Waals surface area contributed by atoms with Gasteiger partial charge in [-0.1, -0.05) is 12.1 Å². The van der Waals surface area contributed by atoms with Gasteiger partial charge in [-0.15, -0.1) is 12.4 Å². The SMILES string of the molecule is CCOC(=O)CC(NC(=O)C1CCCNC1)c1ccc(F)cc1.Cl. The summed E-state index contributed by atoms with van der Waals surface area (Å²) in [6.45, 7) is 3.59. The molecule has 5 nitrogen and oxygen atoms in total. The van der Waals surface area contributed by atoms with Crippen molar-refractivity contribution >= 4 is 24.3 Å². The molecule has 0 saturated carbocycles. The first-order chi connectivity index (χ1) is 11.1. The Morgan fingerprint density at radius 3 is 2.67 bits per heavy atom. The smallest absolute Gasteiger partial charge is 0.308 e. The second-order valence-electron chi connectivity index (χ2n) is 5.67. The van der Waals surface area contributed by atoms with Crippen LogP contribution in [0.4, 0.5) is 4.39 Å². The zero-order chi connectivity index (χ0) is 16.7. The van der Waals surface area contributed by atoms with Crippen LogP contribution in [0.5, 0.6) is 0 Å². The summed E-state index contributed by atoms with van der Waals surface area (Å²) in [5.41, 5.74) is 0.691. The fraction of sp³-hybridized carbons (Fsp3) is 0.529. The molecule has 0 aliphatic carbocycles. The molecule has 1 heterocycles. The quantitative estimate of drug-likeness (QED) is 0.766. The molecule has 134 valence electrons. The summed E-state index contributed by atoms with van der Waals surface area (Å²) in [4.78, 5) is 24.2. The fourth-order valence-electron chi connectivity index (χ4n) is 2.70. The van der Waals surface area contributed by atoms with Crippen molar-refractivity contribution in [2.24, 2.45) is 5.92 Å². The Labute approximate surface area is 147 Å². The number of ether oxygens (including phenoxy) is 1. The molecule has 1 amide bonds. The average molecular weight is 359 g/mol. The fourth-order valence-corrected chi connectivity index (χ4v) is 2.70. The topological polar surface area (TPSA) is 67.4 Å². The Bertz CT molecular complexity index is 533. The summed E-state index contributed by atoms with van der Waals surface area (Å²) in [5, 5.41) is 6.10. The number of rotatable bonds is 6. The lowest BCUT2D eigenvalue weighted by Crippen LogP contribution is -2.42. The first kappa shape index (κ1) is 20.4. The van der Waals surface area contributed by atoms with Gasteiger partial charge in [0.1, 0.15) is 5.82 Å². The van der Waals surface area contributed by atoms with Crippen LogP contribution in [0, 0.1) is 11.7 Å². The number of nitrogens with one attached hydrogen (secondary N) is 2. The third-order valence-corrected chi connectivity index (χ3v) is 3.93. The number of esters is 1. The zero-order valence-corrected chi connectivity index (χ0v) is 14.5. The molecule has 2 N–H and O–H groups in total. The molecule has 2 atom stereocenters. The Balaban J connectivity index is 0.00000288. The summed E-state index contributed by atoms with van der Waals surface area (Å²) in [6, 6.07) is 5.30. The van der Waals surface area contributed by atoms with Crippen LogP contribution >= 0.6 is 12.4 Å². The van der Waals surface area contributed by atoms with E-state index in [4.69, 9.17) is 4.74 Å². The summed E-state index contributed by atoms with van der Waals surface area (Å²) >= 11 is 0. The molecule has 1 aromatic carbocycles. The van der Waals surface area contributed by atoms with E-state index in [1.807, 2.05) is 0 Å². The molecule has 24 heavy (non-hydrogen) atoms. The maximum atomic E-state index is 13.1. The van der Waals surface area contributed by atoms with Crippen molar-refractivity contribution in [2.75, 3.05) is 19.7 Å². The highest BCUT2D eigenvalue weighted by atomic mass is 35.5. The maximum Gasteiger partial charge on any atom is 0.308 e. The van der Waals surface area contributed by atoms with E-state index < -0.39 is 6.04 Å². The van der Waals surface area contributed by atoms with E-state index in [1.165, 1.54) is 12.1 Å². The van der Waals surface area contributed by atoms with E-state index in [9.17, 15) is 14.0 Å². The highest BCUT2D eigenvalue weighted by molar-refractivity contribution is 5.85. The van der Waals surface area contributed by atoms with Crippen LogP contribution in [-0.2, 0) is 14.3 Å². The standard InChI is InChI=1S/C17H23FN2O3.ClH/c1-2-23-16(21)10-15(12-5-7-14(18)8-6-12)20-17(22)13-4-3-9-19-11-13;/h5-8,13,15,19H,2-4,9-11H2,1H3,(H,20,22);1H. The number of carbonyl (C=O) groups is 2. The molecule has 0 bridgehead atoms. The first-order valence-electron chi connectivity index (χ1n) is 8.02. The lowest BCUT2D eigenvalue weighted by Gasteiger charge is -2.25. The van der Waals surface area contributed by atoms with Gasteiger partial charge in [-0.3, -0.25) is 9.59 Å². The van der Waals surface area contributed by atoms with Gasteiger partial charge in [0.2, 0.25) is 5.91 Å². The highest BCUT2D eigenvalue weighted by Crippen LogP contribution is 2.20. The van der Waals surface area contributed by atoms with Crippen molar-refractivity contribution in [3.8, 4) is 0 Å². The number of piperidine rings is 1. The van der Waals surface area contributed by atoms with Gasteiger partial charge >= 0.3 is 5.97 Å². The van der Waals surface area contributed by atoms with E-state index in [1.54, 1.807) is 19.1 Å². The average Bonchev–Trinajstić information content (AvgIpc) is 2.56. The molecule has 0 spiro atoms. The molecule has 7 heteroatoms. The van der Waals surface area contributed by atoms with Gasteiger partial charge in [0.25, 0.3) is 0 Å². The molecule has 2 rings (SSSR count). The van der Waals surface area contributed by atoms with Crippen molar-refractivity contribution in [3.05, 3.63) is 35.6 Å². The Kier molecular flexibility index (Phi) is 8.71. The van der Waals surface area contributed by atoms with Crippen molar-refractivity contribution in [1.82, 2.24) is 10.6 Å². The van der Waals surface area contributed by atoms with E-state index in [0.717, 1.165) is 19.4 Å². The molecular weight excluding hydrogens is 335 g/mol. The minimum Gasteiger partial charge on any atom is -0.466 e. The van der Waals surface area contributed by atoms with Gasteiger partial charge in [0.05, 0.1) is 25.0 Å². The largest absolute Gasteiger partial charge is 0.466 e. The van der Waals surface area contributed by atoms with Gasteiger partial charge < -0.3 is 15.4 Å². The third-order valence-electron chi connectivity index (χ3n) is 3.93. The number of hydrogen-bond donors (Lipinski definition) is 2. The highest BCUT2D eigenvalue weighted by Gasteiger charge is 2.25. The lowest BCUT2D eigenvalue weighted by atomic mass is 9.97. The molecule has 0 aromatic heterocycles. The summed E-state index contributed by atoms with van der Waals surface area (Å²) < 4.78 is 18.1. The van der Waals surface area contributed by atoms with Crippen molar-refractivity contribution in [3.63, 3.8) is 0 Å². The summed E-state index contributed by atoms with van der Waals surface area (Å²) in [6.07, 6.45) is 1.82. The second kappa shape index (κ2) is 10.3. The van der Waals surface area contributed by atoms with Crippen LogP contribution in [0.2, 0.25) is 0 Å². The van der Waals surface area contributed by atoms with Crippen molar-refractivity contribution < 1.29 is 18.7 Å². The van der Waals surface area contributed by atoms with Gasteiger partial charge in [0.15, 0.2) is 0 Å². The van der Waals surface area contributed by atoms with E-state index in [2.05, 4.69) is 10.6 Å². The molecule has 1 fully saturated rings. The minimum absolute atomic E-state index is 0. The normalized spacial score (nSPS) is 18.2. The predicted octanol–water partition coefficient (Wildman–Crippen LogP) is 2.36. The van der Waals surface area contributed by atoms with Crippen molar-refractivity contribution in [2.45, 2.75) is 32.2 Å². The summed E-state index contributed by atoms with van der Waals surface area (Å²) in [7, 11) is 0. The third kappa shape index (κ3) is 6.09. The van der Waals surface area contributed by atoms with E-state index in [-0.39, 0.29) is 49.0 Å². The number of benzene rings is 1. The molecule has 1 aromatic rings. The van der Waals surface area contributed by atoms with Crippen LogP contribution in [0.1, 0.15) is 37.8 Å². The Hall–Kier alpha value is -1.66. The predicted molar refractivity (Wildman–Crippen MR) is 91.4 cm³/mol. The lowest BCUT2D eigenvalue weighted by molar-refractivity contribution is -0.144. The molecule has 1 aliphatic rings. The number of amides is 1. The Morgan fingerprint density at radius 1 is 1.38 bits per heavy atom. The van der Waals surface area contributed by atoms with Crippen LogP contribution in [0.15, 0.2) is 24.3 Å². The van der Waals surface area contributed by atoms with Gasteiger partial charge in [-0.25, -0.2) is 4.39 Å². The first-order valence-corrected chi connectivity index (χ1v) is 8.02. The number of hydrogen-bond acceptors (Lipinski definition) is 4. The number of carbonyl (C=O) groups excluding carboxylic acids is 2. The monoisotopic (exact) mass is 358 g/mol.